The first-order valence-electron chi connectivity index (χ1n) is 6.28. The first kappa shape index (κ1) is 12.2. The second-order valence-corrected chi connectivity index (χ2v) is 4.53. The van der Waals surface area contributed by atoms with Gasteiger partial charge in [0.2, 0.25) is 5.95 Å². The van der Waals surface area contributed by atoms with Gasteiger partial charge < -0.3 is 15.6 Å². The van der Waals surface area contributed by atoms with Crippen molar-refractivity contribution in [3.8, 4) is 11.1 Å². The van der Waals surface area contributed by atoms with Crippen LogP contribution in [0, 0.1) is 0 Å². The van der Waals surface area contributed by atoms with Gasteiger partial charge in [0, 0.05) is 54.3 Å². The Morgan fingerprint density at radius 2 is 1.90 bits per heavy atom. The molecule has 0 aliphatic rings. The van der Waals surface area contributed by atoms with E-state index < -0.39 is 0 Å². The van der Waals surface area contributed by atoms with Crippen LogP contribution in [0.25, 0.3) is 11.1 Å². The lowest BCUT2D eigenvalue weighted by Crippen LogP contribution is -2.13. The molecule has 0 amide bonds. The molecule has 0 bridgehead atoms. The molecule has 3 rings (SSSR count). The molecule has 5 heteroatoms. The first-order chi connectivity index (χ1) is 9.74. The average molecular weight is 265 g/mol. The lowest BCUT2D eigenvalue weighted by Gasteiger charge is -2.17. The molecule has 5 nitrogen and oxygen atoms in total. The van der Waals surface area contributed by atoms with Crippen molar-refractivity contribution in [2.45, 2.75) is 0 Å². The van der Waals surface area contributed by atoms with E-state index in [0.717, 1.165) is 22.5 Å². The summed E-state index contributed by atoms with van der Waals surface area (Å²) in [5.74, 6) is 0.634. The van der Waals surface area contributed by atoms with Crippen LogP contribution in [0.4, 0.5) is 17.3 Å². The second-order valence-electron chi connectivity index (χ2n) is 4.53. The zero-order valence-corrected chi connectivity index (χ0v) is 11.1. The van der Waals surface area contributed by atoms with Gasteiger partial charge in [-0.15, -0.1) is 0 Å². The molecule has 2 heterocycles. The van der Waals surface area contributed by atoms with Crippen LogP contribution >= 0.6 is 0 Å². The van der Waals surface area contributed by atoms with Crippen molar-refractivity contribution >= 4 is 17.3 Å². The summed E-state index contributed by atoms with van der Waals surface area (Å²) in [6.45, 7) is 0. The highest BCUT2D eigenvalue weighted by molar-refractivity contribution is 5.64. The van der Waals surface area contributed by atoms with Crippen molar-refractivity contribution in [1.29, 1.82) is 0 Å². The van der Waals surface area contributed by atoms with Crippen molar-refractivity contribution in [2.24, 2.45) is 0 Å². The fourth-order valence-corrected chi connectivity index (χ4v) is 2.00. The third-order valence-corrected chi connectivity index (χ3v) is 3.13. The van der Waals surface area contributed by atoms with E-state index in [2.05, 4.69) is 15.0 Å². The van der Waals surface area contributed by atoms with E-state index >= 15 is 0 Å². The van der Waals surface area contributed by atoms with Crippen molar-refractivity contribution in [3.05, 3.63) is 55.1 Å². The van der Waals surface area contributed by atoms with Gasteiger partial charge in [0.05, 0.1) is 0 Å². The van der Waals surface area contributed by atoms with E-state index in [1.807, 2.05) is 67.1 Å². The van der Waals surface area contributed by atoms with Gasteiger partial charge in [-0.05, 0) is 24.3 Å². The minimum atomic E-state index is 0.634. The molecule has 0 aliphatic heterocycles. The van der Waals surface area contributed by atoms with E-state index in [0.29, 0.717) is 5.95 Å². The van der Waals surface area contributed by atoms with Crippen LogP contribution in [0.2, 0.25) is 0 Å². The lowest BCUT2D eigenvalue weighted by atomic mass is 10.2. The summed E-state index contributed by atoms with van der Waals surface area (Å²) >= 11 is 0. The predicted molar refractivity (Wildman–Crippen MR) is 80.7 cm³/mol. The molecular formula is C15H15N5. The number of benzene rings is 1. The SMILES string of the molecule is CN(c1cccc(N)c1)c1ncc(-c2cc[nH]c2)cn1. The number of nitrogens with one attached hydrogen (secondary N) is 1. The third-order valence-electron chi connectivity index (χ3n) is 3.13. The summed E-state index contributed by atoms with van der Waals surface area (Å²) in [4.78, 5) is 13.7. The first-order valence-corrected chi connectivity index (χ1v) is 6.28. The van der Waals surface area contributed by atoms with Crippen LogP contribution in [0.1, 0.15) is 0 Å². The Balaban J connectivity index is 1.87. The Kier molecular flexibility index (Phi) is 3.09. The van der Waals surface area contributed by atoms with Gasteiger partial charge in [0.1, 0.15) is 0 Å². The number of aromatic amines is 1. The molecule has 0 spiro atoms. The number of nitrogens with zero attached hydrogens (tertiary/aromatic N) is 3. The van der Waals surface area contributed by atoms with Crippen molar-refractivity contribution in [1.82, 2.24) is 15.0 Å². The third kappa shape index (κ3) is 2.33. The van der Waals surface area contributed by atoms with Crippen LogP contribution in [0.3, 0.4) is 0 Å². The Bertz CT molecular complexity index is 689. The minimum Gasteiger partial charge on any atom is -0.399 e. The number of aromatic nitrogens is 3. The van der Waals surface area contributed by atoms with Crippen molar-refractivity contribution in [3.63, 3.8) is 0 Å². The Morgan fingerprint density at radius 3 is 2.55 bits per heavy atom. The predicted octanol–water partition coefficient (Wildman–Crippen LogP) is 2.82. The highest BCUT2D eigenvalue weighted by atomic mass is 15.2. The summed E-state index contributed by atoms with van der Waals surface area (Å²) in [6.07, 6.45) is 7.42. The van der Waals surface area contributed by atoms with Gasteiger partial charge in [0.15, 0.2) is 0 Å². The maximum atomic E-state index is 5.79. The summed E-state index contributed by atoms with van der Waals surface area (Å²) < 4.78 is 0. The molecule has 1 aromatic carbocycles. The number of hydrogen-bond acceptors (Lipinski definition) is 4. The maximum absolute atomic E-state index is 5.79. The summed E-state index contributed by atoms with van der Waals surface area (Å²) in [7, 11) is 1.92. The van der Waals surface area contributed by atoms with E-state index in [4.69, 9.17) is 5.73 Å². The highest BCUT2D eigenvalue weighted by Crippen LogP contribution is 2.23. The summed E-state index contributed by atoms with van der Waals surface area (Å²) in [5, 5.41) is 0. The smallest absolute Gasteiger partial charge is 0.229 e. The van der Waals surface area contributed by atoms with E-state index in [9.17, 15) is 0 Å². The Morgan fingerprint density at radius 1 is 1.10 bits per heavy atom. The zero-order chi connectivity index (χ0) is 13.9. The molecule has 0 radical (unpaired) electrons. The standard InChI is InChI=1S/C15H15N5/c1-20(14-4-2-3-13(16)7-14)15-18-9-12(10-19-15)11-5-6-17-8-11/h2-10,17H,16H2,1H3. The fourth-order valence-electron chi connectivity index (χ4n) is 2.00. The maximum Gasteiger partial charge on any atom is 0.229 e. The van der Waals surface area contributed by atoms with Gasteiger partial charge in [0.25, 0.3) is 0 Å². The molecule has 0 aliphatic carbocycles. The van der Waals surface area contributed by atoms with Gasteiger partial charge >= 0.3 is 0 Å². The molecular weight excluding hydrogens is 250 g/mol. The number of nitrogen functional groups attached to an aromatic ring is 1. The zero-order valence-electron chi connectivity index (χ0n) is 11.1. The topological polar surface area (TPSA) is 70.8 Å². The largest absolute Gasteiger partial charge is 0.399 e. The van der Waals surface area contributed by atoms with Gasteiger partial charge in [-0.2, -0.15) is 0 Å². The molecule has 20 heavy (non-hydrogen) atoms. The average Bonchev–Trinajstić information content (AvgIpc) is 3.01. The summed E-state index contributed by atoms with van der Waals surface area (Å²) in [5.41, 5.74) is 9.52. The molecule has 0 saturated carbocycles. The van der Waals surface area contributed by atoms with Crippen LogP contribution < -0.4 is 10.6 Å². The number of nitrogens with two attached hydrogens (primary N) is 1. The highest BCUT2D eigenvalue weighted by Gasteiger charge is 2.07. The van der Waals surface area contributed by atoms with E-state index in [1.165, 1.54) is 0 Å². The number of hydrogen-bond donors (Lipinski definition) is 2. The van der Waals surface area contributed by atoms with Crippen molar-refractivity contribution < 1.29 is 0 Å². The summed E-state index contributed by atoms with van der Waals surface area (Å²) in [6, 6.07) is 9.62. The lowest BCUT2D eigenvalue weighted by molar-refractivity contribution is 1.04. The molecule has 3 N–H and O–H groups in total. The molecule has 100 valence electrons. The van der Waals surface area contributed by atoms with Crippen LogP contribution in [-0.4, -0.2) is 22.0 Å². The number of rotatable bonds is 3. The molecule has 2 aromatic heterocycles. The van der Waals surface area contributed by atoms with Crippen LogP contribution in [0.15, 0.2) is 55.1 Å². The molecule has 3 aromatic rings. The molecule has 0 atom stereocenters. The van der Waals surface area contributed by atoms with Crippen LogP contribution in [-0.2, 0) is 0 Å². The van der Waals surface area contributed by atoms with Gasteiger partial charge in [-0.1, -0.05) is 6.07 Å². The molecule has 0 saturated heterocycles. The van der Waals surface area contributed by atoms with Crippen LogP contribution in [0.5, 0.6) is 0 Å². The molecule has 0 fully saturated rings. The van der Waals surface area contributed by atoms with Gasteiger partial charge in [-0.3, -0.25) is 0 Å². The Hall–Kier alpha value is -2.82. The Labute approximate surface area is 117 Å². The quantitative estimate of drug-likeness (QED) is 0.714. The van der Waals surface area contributed by atoms with Gasteiger partial charge in [-0.25, -0.2) is 9.97 Å². The minimum absolute atomic E-state index is 0.634. The monoisotopic (exact) mass is 265 g/mol. The normalized spacial score (nSPS) is 10.4. The molecule has 0 unspecified atom stereocenters. The van der Waals surface area contributed by atoms with E-state index in [1.54, 1.807) is 0 Å². The fraction of sp³-hybridized carbons (Fsp3) is 0.0667. The van der Waals surface area contributed by atoms with Crippen molar-refractivity contribution in [2.75, 3.05) is 17.7 Å². The van der Waals surface area contributed by atoms with E-state index in [-0.39, 0.29) is 0 Å². The second kappa shape index (κ2) is 5.05. The number of H-pyrrole nitrogens is 1. The number of anilines is 3.